The Morgan fingerprint density at radius 3 is 2.22 bits per heavy atom. The van der Waals surface area contributed by atoms with Gasteiger partial charge in [-0.05, 0) is 6.92 Å². The van der Waals surface area contributed by atoms with Crippen molar-refractivity contribution < 1.29 is 4.79 Å². The highest BCUT2D eigenvalue weighted by atomic mass is 16.2. The van der Waals surface area contributed by atoms with E-state index in [2.05, 4.69) is 26.8 Å². The number of anilines is 2. The van der Waals surface area contributed by atoms with E-state index in [9.17, 15) is 4.79 Å². The maximum absolute atomic E-state index is 12.0. The van der Waals surface area contributed by atoms with Gasteiger partial charge in [0.1, 0.15) is 0 Å². The molecule has 9 heteroatoms. The van der Waals surface area contributed by atoms with Gasteiger partial charge in [0.25, 0.3) is 0 Å². The molecule has 0 saturated carbocycles. The number of nitrogens with zero attached hydrogens (tertiary/aromatic N) is 7. The molecule has 1 fully saturated rings. The summed E-state index contributed by atoms with van der Waals surface area (Å²) in [5.41, 5.74) is 5.79. The number of hydrogen-bond donors (Lipinski definition) is 1. The first kappa shape index (κ1) is 17.2. The van der Waals surface area contributed by atoms with E-state index >= 15 is 0 Å². The van der Waals surface area contributed by atoms with Crippen LogP contribution in [0.3, 0.4) is 0 Å². The standard InChI is InChI=1S/C14H26N8O/c1-10(11-16-12(15)18-13(17-11)19(2)3)21-6-8-22(9-7-21)14(23)20(4)5/h10H,6-9H2,1-5H3,(H2,15,16,17,18). The van der Waals surface area contributed by atoms with Gasteiger partial charge in [0.05, 0.1) is 6.04 Å². The van der Waals surface area contributed by atoms with Crippen molar-refractivity contribution in [1.29, 1.82) is 0 Å². The average Bonchev–Trinajstić information content (AvgIpc) is 2.52. The number of rotatable bonds is 3. The molecule has 1 aromatic heterocycles. The summed E-state index contributed by atoms with van der Waals surface area (Å²) >= 11 is 0. The molecule has 1 saturated heterocycles. The first-order chi connectivity index (χ1) is 10.8. The highest BCUT2D eigenvalue weighted by molar-refractivity contribution is 5.73. The summed E-state index contributed by atoms with van der Waals surface area (Å²) in [6.07, 6.45) is 0. The maximum atomic E-state index is 12.0. The Morgan fingerprint density at radius 1 is 1.09 bits per heavy atom. The van der Waals surface area contributed by atoms with E-state index in [0.717, 1.165) is 13.1 Å². The monoisotopic (exact) mass is 322 g/mol. The molecule has 1 aromatic rings. The van der Waals surface area contributed by atoms with Crippen molar-refractivity contribution in [1.82, 2.24) is 29.7 Å². The summed E-state index contributed by atoms with van der Waals surface area (Å²) in [7, 11) is 7.28. The molecule has 2 amide bonds. The Balaban J connectivity index is 2.05. The molecule has 128 valence electrons. The third-order valence-electron chi connectivity index (χ3n) is 3.95. The molecule has 1 aliphatic rings. The van der Waals surface area contributed by atoms with Crippen LogP contribution in [0.5, 0.6) is 0 Å². The highest BCUT2D eigenvalue weighted by Crippen LogP contribution is 2.20. The van der Waals surface area contributed by atoms with Crippen LogP contribution in [0.2, 0.25) is 0 Å². The lowest BCUT2D eigenvalue weighted by Crippen LogP contribution is -2.52. The molecule has 0 radical (unpaired) electrons. The molecule has 1 unspecified atom stereocenters. The minimum Gasteiger partial charge on any atom is -0.368 e. The number of amides is 2. The second kappa shape index (κ2) is 6.95. The zero-order valence-corrected chi connectivity index (χ0v) is 14.5. The summed E-state index contributed by atoms with van der Waals surface area (Å²) in [6, 6.07) is 0.0761. The van der Waals surface area contributed by atoms with Crippen LogP contribution < -0.4 is 10.6 Å². The Bertz CT molecular complexity index is 554. The molecular formula is C14H26N8O. The molecule has 2 N–H and O–H groups in total. The van der Waals surface area contributed by atoms with Crippen LogP contribution in [0.4, 0.5) is 16.7 Å². The smallest absolute Gasteiger partial charge is 0.319 e. The quantitative estimate of drug-likeness (QED) is 0.829. The van der Waals surface area contributed by atoms with Crippen LogP contribution in [-0.2, 0) is 0 Å². The molecule has 1 aliphatic heterocycles. The average molecular weight is 322 g/mol. The van der Waals surface area contributed by atoms with Crippen LogP contribution >= 0.6 is 0 Å². The zero-order valence-electron chi connectivity index (χ0n) is 14.5. The van der Waals surface area contributed by atoms with Crippen LogP contribution in [-0.4, -0.2) is 90.1 Å². The number of hydrogen-bond acceptors (Lipinski definition) is 7. The summed E-state index contributed by atoms with van der Waals surface area (Å²) in [4.78, 5) is 32.4. The largest absolute Gasteiger partial charge is 0.368 e. The Hall–Kier alpha value is -2.16. The molecule has 23 heavy (non-hydrogen) atoms. The summed E-state index contributed by atoms with van der Waals surface area (Å²) in [5.74, 6) is 1.45. The third-order valence-corrected chi connectivity index (χ3v) is 3.95. The zero-order chi connectivity index (χ0) is 17.1. The van der Waals surface area contributed by atoms with Crippen molar-refractivity contribution in [2.24, 2.45) is 0 Å². The number of urea groups is 1. The number of nitrogen functional groups attached to an aromatic ring is 1. The lowest BCUT2D eigenvalue weighted by molar-refractivity contribution is 0.0999. The topological polar surface area (TPSA) is 94.7 Å². The van der Waals surface area contributed by atoms with Crippen LogP contribution in [0.15, 0.2) is 0 Å². The Morgan fingerprint density at radius 2 is 1.70 bits per heavy atom. The van der Waals surface area contributed by atoms with E-state index in [-0.39, 0.29) is 18.0 Å². The van der Waals surface area contributed by atoms with Gasteiger partial charge in [-0.3, -0.25) is 4.90 Å². The predicted octanol–water partition coefficient (Wildman–Crippen LogP) is -0.120. The molecule has 0 aromatic carbocycles. The lowest BCUT2D eigenvalue weighted by atomic mass is 10.2. The van der Waals surface area contributed by atoms with Crippen molar-refractivity contribution in [3.8, 4) is 0 Å². The summed E-state index contributed by atoms with van der Waals surface area (Å²) in [5, 5.41) is 0. The molecule has 0 aliphatic carbocycles. The summed E-state index contributed by atoms with van der Waals surface area (Å²) in [6.45, 7) is 5.01. The minimum atomic E-state index is 0.0237. The fourth-order valence-corrected chi connectivity index (χ4v) is 2.53. The fraction of sp³-hybridized carbons (Fsp3) is 0.714. The van der Waals surface area contributed by atoms with E-state index < -0.39 is 0 Å². The summed E-state index contributed by atoms with van der Waals surface area (Å²) < 4.78 is 0. The van der Waals surface area contributed by atoms with Gasteiger partial charge < -0.3 is 20.4 Å². The van der Waals surface area contributed by atoms with Crippen molar-refractivity contribution >= 4 is 17.9 Å². The van der Waals surface area contributed by atoms with E-state index in [1.807, 2.05) is 23.9 Å². The number of piperazine rings is 1. The van der Waals surface area contributed by atoms with E-state index in [0.29, 0.717) is 24.9 Å². The maximum Gasteiger partial charge on any atom is 0.319 e. The SMILES string of the molecule is CC(c1nc(N)nc(N(C)C)n1)N1CCN(C(=O)N(C)C)CC1. The highest BCUT2D eigenvalue weighted by Gasteiger charge is 2.27. The first-order valence-electron chi connectivity index (χ1n) is 7.68. The van der Waals surface area contributed by atoms with Gasteiger partial charge in [-0.25, -0.2) is 4.79 Å². The molecule has 0 spiro atoms. The predicted molar refractivity (Wildman–Crippen MR) is 89.2 cm³/mol. The van der Waals surface area contributed by atoms with Gasteiger partial charge in [0.2, 0.25) is 11.9 Å². The van der Waals surface area contributed by atoms with Crippen molar-refractivity contribution in [2.45, 2.75) is 13.0 Å². The number of nitrogens with two attached hydrogens (primary N) is 1. The van der Waals surface area contributed by atoms with Gasteiger partial charge in [-0.15, -0.1) is 0 Å². The third kappa shape index (κ3) is 3.98. The van der Waals surface area contributed by atoms with E-state index in [4.69, 9.17) is 5.73 Å². The van der Waals surface area contributed by atoms with Crippen LogP contribution in [0.25, 0.3) is 0 Å². The molecule has 9 nitrogen and oxygen atoms in total. The molecule has 1 atom stereocenters. The first-order valence-corrected chi connectivity index (χ1v) is 7.68. The lowest BCUT2D eigenvalue weighted by Gasteiger charge is -2.38. The van der Waals surface area contributed by atoms with Gasteiger partial charge in [0.15, 0.2) is 5.82 Å². The number of carbonyl (C=O) groups excluding carboxylic acids is 1. The van der Waals surface area contributed by atoms with Crippen molar-refractivity contribution in [3.63, 3.8) is 0 Å². The second-order valence-electron chi connectivity index (χ2n) is 6.12. The molecule has 2 heterocycles. The number of carbonyl (C=O) groups is 1. The Labute approximate surface area is 137 Å². The Kier molecular flexibility index (Phi) is 5.19. The van der Waals surface area contributed by atoms with Crippen molar-refractivity contribution in [3.05, 3.63) is 5.82 Å². The molecular weight excluding hydrogens is 296 g/mol. The van der Waals surface area contributed by atoms with Crippen LogP contribution in [0, 0.1) is 0 Å². The van der Waals surface area contributed by atoms with E-state index in [1.165, 1.54) is 0 Å². The van der Waals surface area contributed by atoms with Gasteiger partial charge in [0, 0.05) is 54.4 Å². The van der Waals surface area contributed by atoms with E-state index in [1.54, 1.807) is 19.0 Å². The molecule has 0 bridgehead atoms. The van der Waals surface area contributed by atoms with Gasteiger partial charge >= 0.3 is 6.03 Å². The van der Waals surface area contributed by atoms with Gasteiger partial charge in [-0.1, -0.05) is 0 Å². The van der Waals surface area contributed by atoms with Crippen LogP contribution in [0.1, 0.15) is 18.8 Å². The second-order valence-corrected chi connectivity index (χ2v) is 6.12. The normalized spacial score (nSPS) is 17.0. The number of aromatic nitrogens is 3. The fourth-order valence-electron chi connectivity index (χ4n) is 2.53. The molecule has 2 rings (SSSR count). The van der Waals surface area contributed by atoms with Gasteiger partial charge in [-0.2, -0.15) is 15.0 Å². The van der Waals surface area contributed by atoms with Crippen molar-refractivity contribution in [2.75, 3.05) is 65.0 Å². The minimum absolute atomic E-state index is 0.0237.